The van der Waals surface area contributed by atoms with E-state index in [1.165, 1.54) is 4.90 Å². The van der Waals surface area contributed by atoms with Crippen LogP contribution in [0.15, 0.2) is 40.6 Å². The molecule has 0 atom stereocenters. The summed E-state index contributed by atoms with van der Waals surface area (Å²) in [6, 6.07) is 8.11. The van der Waals surface area contributed by atoms with Gasteiger partial charge in [0.05, 0.1) is 17.2 Å². The first-order valence-corrected chi connectivity index (χ1v) is 9.54. The van der Waals surface area contributed by atoms with E-state index in [1.807, 2.05) is 42.0 Å². The summed E-state index contributed by atoms with van der Waals surface area (Å²) in [5, 5.41) is 5.97. The number of nitrogens with zero attached hydrogens (tertiary/aromatic N) is 1. The lowest BCUT2D eigenvalue weighted by molar-refractivity contribution is -0.116. The van der Waals surface area contributed by atoms with Crippen LogP contribution in [-0.4, -0.2) is 17.1 Å². The average molecular weight is 347 g/mol. The Labute approximate surface area is 146 Å². The molecule has 1 heterocycles. The quantitative estimate of drug-likeness (QED) is 0.640. The van der Waals surface area contributed by atoms with Gasteiger partial charge in [0.2, 0.25) is 5.91 Å². The molecule has 1 aromatic heterocycles. The van der Waals surface area contributed by atoms with Crippen molar-refractivity contribution >= 4 is 35.1 Å². The number of hydrogen-bond donors (Lipinski definition) is 1. The molecule has 5 heteroatoms. The molecule has 0 aliphatic carbocycles. The molecule has 0 unspecified atom stereocenters. The predicted molar refractivity (Wildman–Crippen MR) is 99.9 cm³/mol. The van der Waals surface area contributed by atoms with E-state index in [-0.39, 0.29) is 11.3 Å². The lowest BCUT2D eigenvalue weighted by Crippen LogP contribution is -2.20. The van der Waals surface area contributed by atoms with Gasteiger partial charge in [0.1, 0.15) is 0 Å². The molecule has 3 nitrogen and oxygen atoms in total. The third-order valence-electron chi connectivity index (χ3n) is 3.18. The lowest BCUT2D eigenvalue weighted by Gasteiger charge is -2.13. The lowest BCUT2D eigenvalue weighted by atomic mass is 9.98. The maximum atomic E-state index is 11.9. The average Bonchev–Trinajstić information content (AvgIpc) is 3.00. The van der Waals surface area contributed by atoms with Gasteiger partial charge >= 0.3 is 0 Å². The SMILES string of the molecule is CSc1ccc(/C=C/C(=O)NCc2csc(C(C)(C)C)n2)cc1. The molecule has 0 fully saturated rings. The van der Waals surface area contributed by atoms with Crippen molar-refractivity contribution in [2.75, 3.05) is 6.26 Å². The van der Waals surface area contributed by atoms with Crippen molar-refractivity contribution in [2.24, 2.45) is 0 Å². The predicted octanol–water partition coefficient (Wildman–Crippen LogP) is 4.49. The van der Waals surface area contributed by atoms with Crippen LogP contribution in [0, 0.1) is 0 Å². The van der Waals surface area contributed by atoms with Crippen LogP contribution in [0.5, 0.6) is 0 Å². The third kappa shape index (κ3) is 5.52. The fourth-order valence-electron chi connectivity index (χ4n) is 1.86. The number of nitrogens with one attached hydrogen (secondary N) is 1. The highest BCUT2D eigenvalue weighted by Gasteiger charge is 2.17. The second kappa shape index (κ2) is 7.79. The Hall–Kier alpha value is -1.59. The largest absolute Gasteiger partial charge is 0.347 e. The highest BCUT2D eigenvalue weighted by atomic mass is 32.2. The summed E-state index contributed by atoms with van der Waals surface area (Å²) in [6.07, 6.45) is 5.42. The van der Waals surface area contributed by atoms with Crippen molar-refractivity contribution in [1.29, 1.82) is 0 Å². The summed E-state index contributed by atoms with van der Waals surface area (Å²) in [5.74, 6) is -0.107. The molecular formula is C18H22N2OS2. The van der Waals surface area contributed by atoms with Crippen LogP contribution < -0.4 is 5.32 Å². The van der Waals surface area contributed by atoms with Crippen LogP contribution >= 0.6 is 23.1 Å². The Kier molecular flexibility index (Phi) is 6.02. The van der Waals surface area contributed by atoms with Gasteiger partial charge in [-0.05, 0) is 30.0 Å². The molecule has 23 heavy (non-hydrogen) atoms. The summed E-state index contributed by atoms with van der Waals surface area (Å²) in [5.41, 5.74) is 1.98. The molecule has 2 aromatic rings. The number of benzene rings is 1. The number of carbonyl (C=O) groups is 1. The van der Waals surface area contributed by atoms with Crippen molar-refractivity contribution < 1.29 is 4.79 Å². The Morgan fingerprint density at radius 3 is 2.57 bits per heavy atom. The van der Waals surface area contributed by atoms with Gasteiger partial charge in [-0.25, -0.2) is 4.98 Å². The molecule has 0 spiro atoms. The van der Waals surface area contributed by atoms with Crippen LogP contribution in [0.25, 0.3) is 6.08 Å². The maximum absolute atomic E-state index is 11.9. The second-order valence-electron chi connectivity index (χ2n) is 6.22. The summed E-state index contributed by atoms with van der Waals surface area (Å²) in [6.45, 7) is 6.87. The summed E-state index contributed by atoms with van der Waals surface area (Å²) < 4.78 is 0. The molecule has 0 aliphatic rings. The Morgan fingerprint density at radius 1 is 1.30 bits per heavy atom. The van der Waals surface area contributed by atoms with Gasteiger partial charge in [0.15, 0.2) is 0 Å². The molecule has 0 saturated carbocycles. The number of carbonyl (C=O) groups excluding carboxylic acids is 1. The van der Waals surface area contributed by atoms with Crippen LogP contribution in [-0.2, 0) is 16.8 Å². The van der Waals surface area contributed by atoms with Crippen LogP contribution in [0.2, 0.25) is 0 Å². The first-order valence-electron chi connectivity index (χ1n) is 7.43. The highest BCUT2D eigenvalue weighted by molar-refractivity contribution is 7.98. The van der Waals surface area contributed by atoms with Crippen LogP contribution in [0.1, 0.15) is 37.0 Å². The summed E-state index contributed by atoms with van der Waals surface area (Å²) in [7, 11) is 0. The number of hydrogen-bond acceptors (Lipinski definition) is 4. The molecule has 122 valence electrons. The highest BCUT2D eigenvalue weighted by Crippen LogP contribution is 2.25. The molecule has 2 rings (SSSR count). The van der Waals surface area contributed by atoms with Crippen molar-refractivity contribution in [1.82, 2.24) is 10.3 Å². The molecule has 0 aliphatic heterocycles. The van der Waals surface area contributed by atoms with Gasteiger partial charge in [-0.15, -0.1) is 23.1 Å². The summed E-state index contributed by atoms with van der Waals surface area (Å²) in [4.78, 5) is 17.7. The number of rotatable bonds is 5. The molecular weight excluding hydrogens is 324 g/mol. The molecule has 0 bridgehead atoms. The van der Waals surface area contributed by atoms with E-state index in [9.17, 15) is 4.79 Å². The van der Waals surface area contributed by atoms with E-state index in [2.05, 4.69) is 31.1 Å². The fourth-order valence-corrected chi connectivity index (χ4v) is 3.17. The van der Waals surface area contributed by atoms with Crippen molar-refractivity contribution in [2.45, 2.75) is 37.6 Å². The number of thiazole rings is 1. The number of amides is 1. The van der Waals surface area contributed by atoms with E-state index >= 15 is 0 Å². The maximum Gasteiger partial charge on any atom is 0.244 e. The molecule has 0 radical (unpaired) electrons. The zero-order chi connectivity index (χ0) is 16.9. The summed E-state index contributed by atoms with van der Waals surface area (Å²) >= 11 is 3.34. The minimum absolute atomic E-state index is 0.0514. The first-order chi connectivity index (χ1) is 10.9. The van der Waals surface area contributed by atoms with E-state index in [0.29, 0.717) is 6.54 Å². The monoisotopic (exact) mass is 346 g/mol. The van der Waals surface area contributed by atoms with Gasteiger partial charge in [-0.3, -0.25) is 4.79 Å². The third-order valence-corrected chi connectivity index (χ3v) is 5.24. The zero-order valence-electron chi connectivity index (χ0n) is 13.9. The van der Waals surface area contributed by atoms with Crippen LogP contribution in [0.4, 0.5) is 0 Å². The standard InChI is InChI=1S/C18H22N2OS2/c1-18(2,3)17-20-14(12-23-17)11-19-16(21)10-7-13-5-8-15(22-4)9-6-13/h5-10,12H,11H2,1-4H3,(H,19,21)/b10-7+. The van der Waals surface area contributed by atoms with Gasteiger partial charge < -0.3 is 5.32 Å². The van der Waals surface area contributed by atoms with E-state index < -0.39 is 0 Å². The Balaban J connectivity index is 1.87. The van der Waals surface area contributed by atoms with E-state index in [1.54, 1.807) is 29.2 Å². The van der Waals surface area contributed by atoms with E-state index in [0.717, 1.165) is 16.3 Å². The second-order valence-corrected chi connectivity index (χ2v) is 7.96. The molecule has 1 amide bonds. The topological polar surface area (TPSA) is 42.0 Å². The minimum atomic E-state index is -0.107. The van der Waals surface area contributed by atoms with Crippen molar-refractivity contribution in [3.05, 3.63) is 52.0 Å². The van der Waals surface area contributed by atoms with E-state index in [4.69, 9.17) is 0 Å². The fraction of sp³-hybridized carbons (Fsp3) is 0.333. The smallest absolute Gasteiger partial charge is 0.244 e. The number of aromatic nitrogens is 1. The normalized spacial score (nSPS) is 11.8. The van der Waals surface area contributed by atoms with Gasteiger partial charge in [0, 0.05) is 21.8 Å². The first kappa shape index (κ1) is 17.8. The number of thioether (sulfide) groups is 1. The van der Waals surface area contributed by atoms with Gasteiger partial charge in [0.25, 0.3) is 0 Å². The Bertz CT molecular complexity index is 682. The van der Waals surface area contributed by atoms with Gasteiger partial charge in [-0.2, -0.15) is 0 Å². The van der Waals surface area contributed by atoms with Crippen molar-refractivity contribution in [3.8, 4) is 0 Å². The zero-order valence-corrected chi connectivity index (χ0v) is 15.6. The Morgan fingerprint density at radius 2 is 2.00 bits per heavy atom. The van der Waals surface area contributed by atoms with Crippen LogP contribution in [0.3, 0.4) is 0 Å². The molecule has 0 saturated heterocycles. The van der Waals surface area contributed by atoms with Gasteiger partial charge in [-0.1, -0.05) is 32.9 Å². The molecule has 1 N–H and O–H groups in total. The van der Waals surface area contributed by atoms with Crippen molar-refractivity contribution in [3.63, 3.8) is 0 Å². The molecule has 1 aromatic carbocycles. The minimum Gasteiger partial charge on any atom is -0.347 e.